The Bertz CT molecular complexity index is 244. The summed E-state index contributed by atoms with van der Waals surface area (Å²) in [4.78, 5) is 5.50. The van der Waals surface area contributed by atoms with E-state index in [4.69, 9.17) is 0 Å². The summed E-state index contributed by atoms with van der Waals surface area (Å²) in [6.45, 7) is 7.68. The van der Waals surface area contributed by atoms with E-state index in [0.29, 0.717) is 9.93 Å². The van der Waals surface area contributed by atoms with Crippen molar-refractivity contribution in [3.63, 3.8) is 0 Å². The van der Waals surface area contributed by atoms with Gasteiger partial charge >= 0.3 is 0 Å². The molecule has 4 heteroatoms. The monoisotopic (exact) mass is 274 g/mol. The third-order valence-corrected chi connectivity index (χ3v) is 8.37. The Kier molecular flexibility index (Phi) is 4.26. The number of hydrogen-bond acceptors (Lipinski definition) is 3. The van der Waals surface area contributed by atoms with Crippen LogP contribution in [0.15, 0.2) is 0 Å². The Morgan fingerprint density at radius 1 is 1.18 bits per heavy atom. The van der Waals surface area contributed by atoms with E-state index in [2.05, 4.69) is 27.5 Å². The van der Waals surface area contributed by atoms with Gasteiger partial charge in [0.1, 0.15) is 0 Å². The smallest absolute Gasteiger partial charge is 0.0380 e. The Balaban J connectivity index is 1.37. The van der Waals surface area contributed by atoms with Gasteiger partial charge in [0.15, 0.2) is 0 Å². The number of hydrogen-bond donors (Lipinski definition) is 1. The summed E-state index contributed by atoms with van der Waals surface area (Å²) in [7, 11) is 2.71. The molecule has 2 bridgehead atoms. The molecule has 0 N–H and O–H groups in total. The highest BCUT2D eigenvalue weighted by atomic mass is 33.2. The lowest BCUT2D eigenvalue weighted by Gasteiger charge is -2.40. The molecular formula is C13H26N2S2. The van der Waals surface area contributed by atoms with Crippen LogP contribution in [0.3, 0.4) is 0 Å². The summed E-state index contributed by atoms with van der Waals surface area (Å²) in [6, 6.07) is 1.78. The number of thiol groups is 1. The van der Waals surface area contributed by atoms with E-state index < -0.39 is 0 Å². The predicted octanol–water partition coefficient (Wildman–Crippen LogP) is 2.56. The molecule has 3 atom stereocenters. The van der Waals surface area contributed by atoms with Gasteiger partial charge in [-0.2, -0.15) is 9.93 Å². The average Bonchev–Trinajstić information content (AvgIpc) is 3.11. The van der Waals surface area contributed by atoms with Gasteiger partial charge in [-0.15, -0.1) is 10.8 Å². The molecule has 3 aliphatic rings. The minimum atomic E-state index is 0.495. The number of likely N-dealkylation sites (N-methyl/N-ethyl adjacent to an activating group) is 1. The number of fused-ring (bicyclic) bond motifs is 2. The standard InChI is InChI=1S/C13H26N2S2/c1-2-15-12-5-6-13(15)10-14(9-12)7-3-4-8-17-11-16-17/h12-13,17H,2-11H2,1H3/t12-,13+. The lowest BCUT2D eigenvalue weighted by atomic mass is 10.1. The SMILES string of the molecule is CCN1[C@@H]2CC[C@H]1CN(CCCC[SH]1CS1)C2. The van der Waals surface area contributed by atoms with E-state index in [1.54, 1.807) is 5.75 Å². The van der Waals surface area contributed by atoms with Crippen LogP contribution in [-0.4, -0.2) is 58.9 Å². The molecule has 0 aromatic rings. The molecule has 3 fully saturated rings. The minimum Gasteiger partial charge on any atom is -0.300 e. The topological polar surface area (TPSA) is 6.48 Å². The van der Waals surface area contributed by atoms with Gasteiger partial charge in [-0.3, -0.25) is 4.90 Å². The van der Waals surface area contributed by atoms with E-state index in [1.807, 2.05) is 0 Å². The molecule has 3 heterocycles. The number of nitrogens with zero attached hydrogens (tertiary/aromatic N) is 2. The van der Waals surface area contributed by atoms with E-state index in [-0.39, 0.29) is 0 Å². The van der Waals surface area contributed by atoms with Crippen LogP contribution < -0.4 is 0 Å². The van der Waals surface area contributed by atoms with Crippen LogP contribution in [0.4, 0.5) is 0 Å². The molecule has 100 valence electrons. The maximum absolute atomic E-state index is 2.75. The zero-order valence-corrected chi connectivity index (χ0v) is 12.7. The number of likely N-dealkylation sites (tertiary alicyclic amines) is 1. The van der Waals surface area contributed by atoms with Crippen molar-refractivity contribution in [1.29, 1.82) is 0 Å². The highest BCUT2D eigenvalue weighted by molar-refractivity contribution is 9.00. The highest BCUT2D eigenvalue weighted by Crippen LogP contribution is 2.60. The second kappa shape index (κ2) is 5.72. The van der Waals surface area contributed by atoms with E-state index in [0.717, 1.165) is 12.1 Å². The maximum Gasteiger partial charge on any atom is 0.0380 e. The molecule has 0 amide bonds. The van der Waals surface area contributed by atoms with Crippen molar-refractivity contribution in [2.24, 2.45) is 0 Å². The van der Waals surface area contributed by atoms with Gasteiger partial charge in [0.2, 0.25) is 0 Å². The van der Waals surface area contributed by atoms with Crippen molar-refractivity contribution in [2.75, 3.05) is 37.0 Å². The number of rotatable bonds is 6. The number of piperazine rings is 1. The van der Waals surface area contributed by atoms with Crippen LogP contribution in [0.2, 0.25) is 0 Å². The van der Waals surface area contributed by atoms with Crippen LogP contribution in [0.1, 0.15) is 32.6 Å². The fraction of sp³-hybridized carbons (Fsp3) is 1.00. The van der Waals surface area contributed by atoms with Gasteiger partial charge in [0.25, 0.3) is 0 Å². The predicted molar refractivity (Wildman–Crippen MR) is 81.2 cm³/mol. The molecule has 2 nitrogen and oxygen atoms in total. The maximum atomic E-state index is 2.75. The zero-order valence-electron chi connectivity index (χ0n) is 11.0. The average molecular weight is 274 g/mol. The third kappa shape index (κ3) is 3.14. The molecule has 0 spiro atoms. The summed E-state index contributed by atoms with van der Waals surface area (Å²) >= 11 is 0. The van der Waals surface area contributed by atoms with Crippen LogP contribution in [0, 0.1) is 0 Å². The second-order valence-electron chi connectivity index (χ2n) is 5.65. The summed E-state index contributed by atoms with van der Waals surface area (Å²) in [5.41, 5.74) is 0. The van der Waals surface area contributed by atoms with E-state index in [9.17, 15) is 0 Å². The fourth-order valence-electron chi connectivity index (χ4n) is 3.57. The first kappa shape index (κ1) is 12.6. The molecule has 3 aliphatic heterocycles. The van der Waals surface area contributed by atoms with Crippen LogP contribution in [-0.2, 0) is 0 Å². The van der Waals surface area contributed by atoms with Crippen molar-refractivity contribution < 1.29 is 0 Å². The highest BCUT2D eigenvalue weighted by Gasteiger charge is 2.38. The Hall–Kier alpha value is 0.620. The van der Waals surface area contributed by atoms with Gasteiger partial charge in [0, 0.05) is 30.3 Å². The Morgan fingerprint density at radius 2 is 1.88 bits per heavy atom. The van der Waals surface area contributed by atoms with E-state index in [1.165, 1.54) is 56.9 Å². The quantitative estimate of drug-likeness (QED) is 0.344. The van der Waals surface area contributed by atoms with Gasteiger partial charge in [-0.25, -0.2) is 0 Å². The first-order valence-corrected chi connectivity index (χ1v) is 10.5. The zero-order chi connectivity index (χ0) is 11.7. The molecule has 1 unspecified atom stereocenters. The van der Waals surface area contributed by atoms with Crippen molar-refractivity contribution in [3.05, 3.63) is 0 Å². The molecule has 0 saturated carbocycles. The summed E-state index contributed by atoms with van der Waals surface area (Å²) in [6.07, 6.45) is 5.85. The summed E-state index contributed by atoms with van der Waals surface area (Å²) < 4.78 is 0. The Labute approximate surface area is 112 Å². The Morgan fingerprint density at radius 3 is 2.47 bits per heavy atom. The lowest BCUT2D eigenvalue weighted by Crippen LogP contribution is -2.53. The first-order valence-electron chi connectivity index (χ1n) is 7.23. The van der Waals surface area contributed by atoms with Gasteiger partial charge in [-0.1, -0.05) is 6.92 Å². The molecule has 0 aromatic carbocycles. The van der Waals surface area contributed by atoms with Crippen molar-refractivity contribution in [3.8, 4) is 0 Å². The van der Waals surface area contributed by atoms with Crippen LogP contribution in [0.25, 0.3) is 0 Å². The molecule has 3 rings (SSSR count). The molecule has 0 radical (unpaired) electrons. The third-order valence-electron chi connectivity index (χ3n) is 4.52. The van der Waals surface area contributed by atoms with Gasteiger partial charge < -0.3 is 4.90 Å². The molecule has 0 aromatic heterocycles. The van der Waals surface area contributed by atoms with Gasteiger partial charge in [-0.05, 0) is 44.5 Å². The minimum absolute atomic E-state index is 0.495. The lowest BCUT2D eigenvalue weighted by molar-refractivity contribution is 0.0708. The molecule has 17 heavy (non-hydrogen) atoms. The summed E-state index contributed by atoms with van der Waals surface area (Å²) in [5.74, 6) is 1.54. The normalized spacial score (nSPS) is 39.7. The molecule has 0 aliphatic carbocycles. The second-order valence-corrected chi connectivity index (χ2v) is 10.7. The van der Waals surface area contributed by atoms with Crippen LogP contribution >= 0.6 is 20.7 Å². The number of unbranched alkanes of at least 4 members (excludes halogenated alkanes) is 1. The first-order chi connectivity index (χ1) is 8.36. The van der Waals surface area contributed by atoms with Crippen molar-refractivity contribution in [2.45, 2.75) is 44.7 Å². The van der Waals surface area contributed by atoms with Crippen LogP contribution in [0.5, 0.6) is 0 Å². The molecule has 3 saturated heterocycles. The molecular weight excluding hydrogens is 248 g/mol. The van der Waals surface area contributed by atoms with Crippen molar-refractivity contribution in [1.82, 2.24) is 9.80 Å². The summed E-state index contributed by atoms with van der Waals surface area (Å²) in [5, 5.41) is 1.51. The fourth-order valence-corrected chi connectivity index (χ4v) is 6.63. The van der Waals surface area contributed by atoms with Gasteiger partial charge in [0.05, 0.1) is 0 Å². The largest absolute Gasteiger partial charge is 0.300 e. The van der Waals surface area contributed by atoms with E-state index >= 15 is 0 Å². The van der Waals surface area contributed by atoms with Crippen molar-refractivity contribution >= 4 is 20.7 Å².